The van der Waals surface area contributed by atoms with Gasteiger partial charge in [0.25, 0.3) is 0 Å². The van der Waals surface area contributed by atoms with E-state index in [-0.39, 0.29) is 41.8 Å². The van der Waals surface area contributed by atoms with E-state index in [1.54, 1.807) is 32.5 Å². The molecule has 0 saturated carbocycles. The van der Waals surface area contributed by atoms with Crippen molar-refractivity contribution in [3.8, 4) is 17.2 Å². The zero-order valence-electron chi connectivity index (χ0n) is 26.2. The molecule has 0 spiro atoms. The lowest BCUT2D eigenvalue weighted by Gasteiger charge is -2.36. The maximum Gasteiger partial charge on any atom is 0.301 e. The van der Waals surface area contributed by atoms with Crippen LogP contribution < -0.4 is 9.62 Å². The summed E-state index contributed by atoms with van der Waals surface area (Å²) in [5.74, 6) is -3.40. The minimum atomic E-state index is -4.36. The highest BCUT2D eigenvalue weighted by Crippen LogP contribution is 2.34. The standard InChI is InChI=1S/C33H33F3N6O5S/c1-46-33(47-2)19-7-10-41(11-8-19)28-6-3-20(13-21(28)15-37)22-14-24-25(17-39-32(24)38-16-22)31(43)29-26(35)4-5-27(30(29)36)40-48(44,45)42-12-9-23(34)18-42/h3-6,13-14,16-17,19,23,33,40H,7-12,18H2,1-2H3,(H,38,39)/t23-/m1/s1. The molecule has 0 bridgehead atoms. The summed E-state index contributed by atoms with van der Waals surface area (Å²) in [4.78, 5) is 23.0. The van der Waals surface area contributed by atoms with Crippen molar-refractivity contribution in [2.24, 2.45) is 5.92 Å². The molecule has 252 valence electrons. The number of aromatic amines is 1. The summed E-state index contributed by atoms with van der Waals surface area (Å²) in [5, 5.41) is 10.3. The lowest BCUT2D eigenvalue weighted by molar-refractivity contribution is -0.141. The van der Waals surface area contributed by atoms with Crippen molar-refractivity contribution < 1.29 is 35.9 Å². The second-order valence-electron chi connectivity index (χ2n) is 11.8. The number of aromatic nitrogens is 2. The number of methoxy groups -OCH3 is 2. The van der Waals surface area contributed by atoms with Gasteiger partial charge in [0.15, 0.2) is 12.1 Å². The van der Waals surface area contributed by atoms with Crippen molar-refractivity contribution in [3.05, 3.63) is 77.1 Å². The Morgan fingerprint density at radius 3 is 2.50 bits per heavy atom. The molecule has 2 aliphatic heterocycles. The average Bonchev–Trinajstić information content (AvgIpc) is 3.73. The molecule has 15 heteroatoms. The van der Waals surface area contributed by atoms with Crippen molar-refractivity contribution in [3.63, 3.8) is 0 Å². The Balaban J connectivity index is 1.27. The van der Waals surface area contributed by atoms with Crippen molar-refractivity contribution in [2.45, 2.75) is 31.7 Å². The third kappa shape index (κ3) is 6.36. The Morgan fingerprint density at radius 1 is 1.08 bits per heavy atom. The fraction of sp³-hybridized carbons (Fsp3) is 0.364. The van der Waals surface area contributed by atoms with Crippen LogP contribution in [-0.4, -0.2) is 81.3 Å². The molecule has 4 aromatic rings. The largest absolute Gasteiger partial charge is 0.370 e. The first-order valence-electron chi connectivity index (χ1n) is 15.3. The van der Waals surface area contributed by atoms with Gasteiger partial charge in [-0.1, -0.05) is 6.07 Å². The number of hydrogen-bond acceptors (Lipinski definition) is 8. The van der Waals surface area contributed by atoms with Crippen LogP contribution >= 0.6 is 0 Å². The summed E-state index contributed by atoms with van der Waals surface area (Å²) >= 11 is 0. The Morgan fingerprint density at radius 2 is 1.83 bits per heavy atom. The fourth-order valence-corrected chi connectivity index (χ4v) is 7.68. The van der Waals surface area contributed by atoms with E-state index in [9.17, 15) is 22.9 Å². The summed E-state index contributed by atoms with van der Waals surface area (Å²) in [6.45, 7) is 0.944. The first-order chi connectivity index (χ1) is 23.0. The van der Waals surface area contributed by atoms with Crippen molar-refractivity contribution in [2.75, 3.05) is 50.0 Å². The molecule has 2 fully saturated rings. The molecule has 0 amide bonds. The quantitative estimate of drug-likeness (QED) is 0.173. The fourth-order valence-electron chi connectivity index (χ4n) is 6.41. The number of benzene rings is 2. The van der Waals surface area contributed by atoms with Gasteiger partial charge >= 0.3 is 10.2 Å². The molecule has 6 rings (SSSR count). The van der Waals surface area contributed by atoms with Gasteiger partial charge in [0, 0.05) is 75.2 Å². The number of nitriles is 1. The van der Waals surface area contributed by atoms with Crippen LogP contribution in [0.15, 0.2) is 48.8 Å². The van der Waals surface area contributed by atoms with Crippen molar-refractivity contribution in [1.82, 2.24) is 14.3 Å². The van der Waals surface area contributed by atoms with E-state index in [4.69, 9.17) is 9.47 Å². The average molecular weight is 683 g/mol. The number of nitrogens with zero attached hydrogens (tertiary/aromatic N) is 4. The molecule has 0 unspecified atom stereocenters. The first-order valence-corrected chi connectivity index (χ1v) is 16.8. The number of anilines is 2. The maximum absolute atomic E-state index is 15.6. The van der Waals surface area contributed by atoms with E-state index in [2.05, 4.69) is 20.9 Å². The van der Waals surface area contributed by atoms with Gasteiger partial charge < -0.3 is 19.4 Å². The van der Waals surface area contributed by atoms with Crippen LogP contribution in [0, 0.1) is 28.9 Å². The van der Waals surface area contributed by atoms with Gasteiger partial charge in [0.05, 0.1) is 22.5 Å². The molecule has 1 atom stereocenters. The second kappa shape index (κ2) is 13.6. The summed E-state index contributed by atoms with van der Waals surface area (Å²) < 4.78 is 83.4. The van der Waals surface area contributed by atoms with Gasteiger partial charge in [-0.2, -0.15) is 18.0 Å². The van der Waals surface area contributed by atoms with E-state index in [1.807, 2.05) is 16.9 Å². The maximum atomic E-state index is 15.6. The number of ether oxygens (including phenoxy) is 2. The zero-order valence-corrected chi connectivity index (χ0v) is 27.0. The minimum absolute atomic E-state index is 0.00109. The van der Waals surface area contributed by atoms with Crippen LogP contribution in [0.25, 0.3) is 22.2 Å². The van der Waals surface area contributed by atoms with Crippen LogP contribution in [-0.2, 0) is 19.7 Å². The predicted molar refractivity (Wildman–Crippen MR) is 172 cm³/mol. The van der Waals surface area contributed by atoms with Gasteiger partial charge in [-0.05, 0) is 55.2 Å². The summed E-state index contributed by atoms with van der Waals surface area (Å²) in [7, 11) is -1.12. The highest BCUT2D eigenvalue weighted by Gasteiger charge is 2.33. The monoisotopic (exact) mass is 682 g/mol. The predicted octanol–water partition coefficient (Wildman–Crippen LogP) is 5.15. The summed E-state index contributed by atoms with van der Waals surface area (Å²) in [6.07, 6.45) is 2.86. The van der Waals surface area contributed by atoms with Gasteiger partial charge in [0.2, 0.25) is 5.78 Å². The number of piperidine rings is 1. The van der Waals surface area contributed by atoms with E-state index < -0.39 is 51.6 Å². The van der Waals surface area contributed by atoms with E-state index >= 15 is 8.78 Å². The Kier molecular flexibility index (Phi) is 9.44. The number of pyridine rings is 1. The molecule has 2 N–H and O–H groups in total. The number of carbonyl (C=O) groups excluding carboxylic acids is 1. The van der Waals surface area contributed by atoms with E-state index in [0.29, 0.717) is 16.7 Å². The molecule has 48 heavy (non-hydrogen) atoms. The highest BCUT2D eigenvalue weighted by atomic mass is 32.2. The van der Waals surface area contributed by atoms with Crippen LogP contribution in [0.5, 0.6) is 0 Å². The summed E-state index contributed by atoms with van der Waals surface area (Å²) in [5.41, 5.74) is 1.01. The smallest absolute Gasteiger partial charge is 0.301 e. The number of fused-ring (bicyclic) bond motifs is 1. The highest BCUT2D eigenvalue weighted by molar-refractivity contribution is 7.90. The molecule has 2 aromatic heterocycles. The minimum Gasteiger partial charge on any atom is -0.370 e. The van der Waals surface area contributed by atoms with Crippen LogP contribution in [0.4, 0.5) is 24.5 Å². The molecular formula is C33H33F3N6O5S. The molecule has 0 radical (unpaired) electrons. The van der Waals surface area contributed by atoms with Crippen molar-refractivity contribution in [1.29, 1.82) is 5.26 Å². The number of H-pyrrole nitrogens is 1. The van der Waals surface area contributed by atoms with Crippen molar-refractivity contribution >= 4 is 38.4 Å². The first kappa shape index (κ1) is 33.4. The molecule has 4 heterocycles. The third-order valence-electron chi connectivity index (χ3n) is 8.95. The Bertz CT molecular complexity index is 2000. The number of alkyl halides is 1. The van der Waals surface area contributed by atoms with E-state index in [0.717, 1.165) is 48.1 Å². The number of ketones is 1. The van der Waals surface area contributed by atoms with Gasteiger partial charge in [-0.25, -0.2) is 18.2 Å². The SMILES string of the molecule is COC(OC)C1CCN(c2ccc(-c3cnc4[nH]cc(C(=O)c5c(F)ccc(NS(=O)(=O)N6CC[C@@H](F)C6)c5F)c4c3)cc2C#N)CC1. The zero-order chi connectivity index (χ0) is 34.2. The van der Waals surface area contributed by atoms with Gasteiger partial charge in [-0.15, -0.1) is 0 Å². The number of hydrogen-bond donors (Lipinski definition) is 2. The summed E-state index contributed by atoms with van der Waals surface area (Å²) in [6, 6.07) is 11.0. The molecule has 2 aliphatic rings. The molecule has 2 saturated heterocycles. The van der Waals surface area contributed by atoms with Gasteiger partial charge in [0.1, 0.15) is 23.7 Å². The normalized spacial score (nSPS) is 17.7. The second-order valence-corrected chi connectivity index (χ2v) is 13.5. The number of nitrogens with one attached hydrogen (secondary N) is 2. The molecule has 11 nitrogen and oxygen atoms in total. The lowest BCUT2D eigenvalue weighted by Crippen LogP contribution is -2.39. The van der Waals surface area contributed by atoms with Crippen LogP contribution in [0.1, 0.15) is 40.7 Å². The molecule has 2 aromatic carbocycles. The topological polar surface area (TPSA) is 141 Å². The van der Waals surface area contributed by atoms with Crippen LogP contribution in [0.2, 0.25) is 0 Å². The molecule has 0 aliphatic carbocycles. The number of carbonyl (C=O) groups is 1. The Labute approximate surface area is 275 Å². The third-order valence-corrected chi connectivity index (χ3v) is 10.4. The lowest BCUT2D eigenvalue weighted by atomic mass is 9.94. The molecular weight excluding hydrogens is 649 g/mol. The Hall–Kier alpha value is -4.49. The number of halogens is 3. The van der Waals surface area contributed by atoms with Crippen LogP contribution in [0.3, 0.4) is 0 Å². The number of rotatable bonds is 10. The van der Waals surface area contributed by atoms with E-state index in [1.165, 1.54) is 6.20 Å². The van der Waals surface area contributed by atoms with Gasteiger partial charge in [-0.3, -0.25) is 9.52 Å².